The monoisotopic (exact) mass is 350 g/mol. The summed E-state index contributed by atoms with van der Waals surface area (Å²) in [6, 6.07) is 14.0. The summed E-state index contributed by atoms with van der Waals surface area (Å²) in [4.78, 5) is 23.0. The highest BCUT2D eigenvalue weighted by Crippen LogP contribution is 2.17. The number of hydrogen-bond donors (Lipinski definition) is 1. The largest absolute Gasteiger partial charge is 0.467 e. The molecule has 6 nitrogen and oxygen atoms in total. The maximum absolute atomic E-state index is 12.2. The van der Waals surface area contributed by atoms with Crippen molar-refractivity contribution >= 4 is 11.7 Å². The van der Waals surface area contributed by atoms with Crippen LogP contribution in [-0.2, 0) is 13.1 Å². The second-order valence-electron chi connectivity index (χ2n) is 6.23. The minimum absolute atomic E-state index is 0.253. The number of amides is 1. The quantitative estimate of drug-likeness (QED) is 0.707. The fraction of sp³-hybridized carbons (Fsp3) is 0.250. The van der Waals surface area contributed by atoms with Gasteiger partial charge in [0.05, 0.1) is 25.2 Å². The Bertz CT molecular complexity index is 815. The summed E-state index contributed by atoms with van der Waals surface area (Å²) < 4.78 is 5.20. The highest BCUT2D eigenvalue weighted by atomic mass is 16.3. The molecule has 3 rings (SSSR count). The summed E-state index contributed by atoms with van der Waals surface area (Å²) in [6.07, 6.45) is 4.72. The predicted octanol–water partition coefficient (Wildman–Crippen LogP) is 3.41. The minimum Gasteiger partial charge on any atom is -0.467 e. The van der Waals surface area contributed by atoms with Gasteiger partial charge in [-0.3, -0.25) is 4.79 Å². The first-order chi connectivity index (χ1) is 12.6. The van der Waals surface area contributed by atoms with Crippen LogP contribution in [0.15, 0.2) is 65.5 Å². The van der Waals surface area contributed by atoms with E-state index >= 15 is 0 Å². The average molecular weight is 350 g/mol. The lowest BCUT2D eigenvalue weighted by Crippen LogP contribution is -2.31. The molecular weight excluding hydrogens is 328 g/mol. The normalized spacial score (nSPS) is 10.7. The first-order valence-corrected chi connectivity index (χ1v) is 8.56. The summed E-state index contributed by atoms with van der Waals surface area (Å²) in [5, 5.41) is 2.76. The van der Waals surface area contributed by atoms with Crippen LogP contribution in [-0.4, -0.2) is 21.9 Å². The zero-order valence-corrected chi connectivity index (χ0v) is 14.9. The molecule has 0 bridgehead atoms. The number of rotatable bonds is 7. The van der Waals surface area contributed by atoms with Crippen LogP contribution in [0, 0.1) is 0 Å². The lowest BCUT2D eigenvalue weighted by atomic mass is 10.2. The van der Waals surface area contributed by atoms with Gasteiger partial charge in [-0.05, 0) is 31.5 Å². The van der Waals surface area contributed by atoms with Crippen LogP contribution in [0.25, 0.3) is 0 Å². The molecule has 1 amide bonds. The van der Waals surface area contributed by atoms with Gasteiger partial charge in [0.25, 0.3) is 5.91 Å². The van der Waals surface area contributed by atoms with Gasteiger partial charge < -0.3 is 14.6 Å². The van der Waals surface area contributed by atoms with E-state index in [0.29, 0.717) is 12.3 Å². The zero-order chi connectivity index (χ0) is 18.4. The Morgan fingerprint density at radius 2 is 1.92 bits per heavy atom. The van der Waals surface area contributed by atoms with Crippen LogP contribution in [0.1, 0.15) is 35.7 Å². The van der Waals surface area contributed by atoms with Crippen molar-refractivity contribution in [1.82, 2.24) is 15.3 Å². The Labute approximate surface area is 152 Å². The molecule has 1 N–H and O–H groups in total. The molecule has 0 aliphatic rings. The topological polar surface area (TPSA) is 71.3 Å². The van der Waals surface area contributed by atoms with E-state index in [1.165, 1.54) is 11.8 Å². The average Bonchev–Trinajstić information content (AvgIpc) is 3.18. The first-order valence-electron chi connectivity index (χ1n) is 8.56. The molecule has 0 saturated carbocycles. The number of nitrogens with one attached hydrogen (secondary N) is 1. The lowest BCUT2D eigenvalue weighted by molar-refractivity contribution is 0.0942. The van der Waals surface area contributed by atoms with Crippen LogP contribution >= 0.6 is 0 Å². The highest BCUT2D eigenvalue weighted by molar-refractivity contribution is 5.91. The molecule has 0 aliphatic heterocycles. The minimum atomic E-state index is -0.278. The van der Waals surface area contributed by atoms with Crippen molar-refractivity contribution < 1.29 is 9.21 Å². The van der Waals surface area contributed by atoms with Crippen molar-refractivity contribution in [1.29, 1.82) is 0 Å². The number of furan rings is 1. The third-order valence-corrected chi connectivity index (χ3v) is 3.99. The van der Waals surface area contributed by atoms with E-state index in [0.717, 1.165) is 12.4 Å². The van der Waals surface area contributed by atoms with Gasteiger partial charge in [0.2, 0.25) is 0 Å². The zero-order valence-electron chi connectivity index (χ0n) is 14.9. The maximum Gasteiger partial charge on any atom is 0.271 e. The molecule has 0 aliphatic carbocycles. The third kappa shape index (κ3) is 4.47. The summed E-state index contributed by atoms with van der Waals surface area (Å²) >= 11 is 0. The van der Waals surface area contributed by atoms with Crippen molar-refractivity contribution in [3.63, 3.8) is 0 Å². The van der Waals surface area contributed by atoms with Crippen molar-refractivity contribution in [3.05, 3.63) is 78.1 Å². The molecule has 0 fully saturated rings. The molecular formula is C20H22N4O2. The van der Waals surface area contributed by atoms with Gasteiger partial charge >= 0.3 is 0 Å². The number of hydrogen-bond acceptors (Lipinski definition) is 5. The maximum atomic E-state index is 12.2. The summed E-state index contributed by atoms with van der Waals surface area (Å²) in [5.74, 6) is 1.16. The van der Waals surface area contributed by atoms with Crippen molar-refractivity contribution in [2.24, 2.45) is 0 Å². The fourth-order valence-corrected chi connectivity index (χ4v) is 2.57. The Morgan fingerprint density at radius 3 is 2.54 bits per heavy atom. The molecule has 6 heteroatoms. The predicted molar refractivity (Wildman–Crippen MR) is 99.7 cm³/mol. The van der Waals surface area contributed by atoms with E-state index < -0.39 is 0 Å². The SMILES string of the molecule is CC(C)N(Cc1ccccc1)c1cnc(C(=O)NCc2ccco2)cn1. The van der Waals surface area contributed by atoms with Gasteiger partial charge in [-0.2, -0.15) is 0 Å². The molecule has 0 radical (unpaired) electrons. The Hall–Kier alpha value is -3.15. The molecule has 0 saturated heterocycles. The lowest BCUT2D eigenvalue weighted by Gasteiger charge is -2.27. The Balaban J connectivity index is 1.67. The summed E-state index contributed by atoms with van der Waals surface area (Å²) in [5.41, 5.74) is 1.48. The van der Waals surface area contributed by atoms with Crippen LogP contribution in [0.5, 0.6) is 0 Å². The third-order valence-electron chi connectivity index (χ3n) is 3.99. The second-order valence-corrected chi connectivity index (χ2v) is 6.23. The highest BCUT2D eigenvalue weighted by Gasteiger charge is 2.15. The smallest absolute Gasteiger partial charge is 0.271 e. The summed E-state index contributed by atoms with van der Waals surface area (Å²) in [7, 11) is 0. The molecule has 26 heavy (non-hydrogen) atoms. The standard InChI is InChI=1S/C20H22N4O2/c1-15(2)24(14-16-7-4-3-5-8-16)19-13-21-18(12-22-19)20(25)23-11-17-9-6-10-26-17/h3-10,12-13,15H,11,14H2,1-2H3,(H,23,25). The second kappa shape index (κ2) is 8.29. The van der Waals surface area contributed by atoms with Gasteiger partial charge in [0.1, 0.15) is 17.3 Å². The van der Waals surface area contributed by atoms with Gasteiger partial charge in [0.15, 0.2) is 0 Å². The number of benzene rings is 1. The molecule has 134 valence electrons. The fourth-order valence-electron chi connectivity index (χ4n) is 2.57. The first kappa shape index (κ1) is 17.7. The molecule has 3 aromatic rings. The van der Waals surface area contributed by atoms with Gasteiger partial charge in [-0.25, -0.2) is 9.97 Å². The molecule has 0 unspecified atom stereocenters. The van der Waals surface area contributed by atoms with Gasteiger partial charge in [0, 0.05) is 12.6 Å². The molecule has 0 atom stereocenters. The van der Waals surface area contributed by atoms with E-state index in [1.807, 2.05) is 18.2 Å². The summed E-state index contributed by atoms with van der Waals surface area (Å²) in [6.45, 7) is 5.27. The van der Waals surface area contributed by atoms with Gasteiger partial charge in [-0.15, -0.1) is 0 Å². The molecule has 2 heterocycles. The number of carbonyl (C=O) groups is 1. The number of nitrogens with zero attached hydrogens (tertiary/aromatic N) is 3. The van der Waals surface area contributed by atoms with E-state index in [-0.39, 0.29) is 17.6 Å². The van der Waals surface area contributed by atoms with Crippen molar-refractivity contribution in [2.75, 3.05) is 4.90 Å². The van der Waals surface area contributed by atoms with Crippen molar-refractivity contribution in [2.45, 2.75) is 33.0 Å². The number of anilines is 1. The number of carbonyl (C=O) groups excluding carboxylic acids is 1. The van der Waals surface area contributed by atoms with E-state index in [2.05, 4.69) is 46.2 Å². The molecule has 0 spiro atoms. The van der Waals surface area contributed by atoms with E-state index in [4.69, 9.17) is 4.42 Å². The van der Waals surface area contributed by atoms with Crippen molar-refractivity contribution in [3.8, 4) is 0 Å². The van der Waals surface area contributed by atoms with E-state index in [9.17, 15) is 4.79 Å². The number of aromatic nitrogens is 2. The van der Waals surface area contributed by atoms with Crippen LogP contribution < -0.4 is 10.2 Å². The van der Waals surface area contributed by atoms with Gasteiger partial charge in [-0.1, -0.05) is 30.3 Å². The van der Waals surface area contributed by atoms with Crippen LogP contribution in [0.4, 0.5) is 5.82 Å². The van der Waals surface area contributed by atoms with Crippen LogP contribution in [0.3, 0.4) is 0 Å². The molecule has 2 aromatic heterocycles. The Morgan fingerprint density at radius 1 is 1.12 bits per heavy atom. The molecule has 1 aromatic carbocycles. The van der Waals surface area contributed by atoms with Crippen LogP contribution in [0.2, 0.25) is 0 Å². The Kier molecular flexibility index (Phi) is 5.63. The van der Waals surface area contributed by atoms with E-state index in [1.54, 1.807) is 24.6 Å².